The lowest BCUT2D eigenvalue weighted by Crippen LogP contribution is -3.00. The first kappa shape index (κ1) is 23.0. The number of hydrogen-bond acceptors (Lipinski definition) is 4. The van der Waals surface area contributed by atoms with E-state index < -0.39 is 0 Å². The number of allylic oxidation sites excluding steroid dienone is 1. The van der Waals surface area contributed by atoms with Gasteiger partial charge in [0.2, 0.25) is 0 Å². The minimum atomic E-state index is 0. The number of aromatic nitrogens is 1. The molecule has 0 aliphatic carbocycles. The normalized spacial score (nSPS) is 11.0. The number of halogens is 1. The Labute approximate surface area is 190 Å². The van der Waals surface area contributed by atoms with Gasteiger partial charge in [-0.3, -0.25) is 4.79 Å². The highest BCUT2D eigenvalue weighted by Crippen LogP contribution is 2.34. The smallest absolute Gasteiger partial charge is 0.308 e. The van der Waals surface area contributed by atoms with Crippen LogP contribution in [-0.4, -0.2) is 11.5 Å². The molecule has 0 N–H and O–H groups in total. The third kappa shape index (κ3) is 6.90. The quantitative estimate of drug-likeness (QED) is 0.280. The molecule has 3 nitrogen and oxygen atoms in total. The second-order valence-corrected chi connectivity index (χ2v) is 8.11. The van der Waals surface area contributed by atoms with Crippen LogP contribution in [0, 0.1) is 11.3 Å². The van der Waals surface area contributed by atoms with Gasteiger partial charge in [-0.05, 0) is 5.56 Å². The van der Waals surface area contributed by atoms with Gasteiger partial charge < -0.3 is 17.0 Å². The molecule has 3 aromatic rings. The molecule has 0 atom stereocenters. The SMILES string of the molecule is N#C/C(=C(/SCC(=O)c1ccccc1)SCc1ccccc1)[n+]1ccccc1.[Br-]. The zero-order chi connectivity index (χ0) is 19.6. The maximum absolute atomic E-state index is 12.5. The lowest BCUT2D eigenvalue weighted by molar-refractivity contribution is -0.577. The number of carbonyl (C=O) groups excluding carboxylic acids is 1. The highest BCUT2D eigenvalue weighted by atomic mass is 79.9. The zero-order valence-electron chi connectivity index (χ0n) is 15.6. The summed E-state index contributed by atoms with van der Waals surface area (Å²) in [5.41, 5.74) is 2.40. The summed E-state index contributed by atoms with van der Waals surface area (Å²) in [6, 6.07) is 27.4. The zero-order valence-corrected chi connectivity index (χ0v) is 18.8. The van der Waals surface area contributed by atoms with Crippen molar-refractivity contribution in [3.05, 3.63) is 107 Å². The summed E-state index contributed by atoms with van der Waals surface area (Å²) in [7, 11) is 0. The van der Waals surface area contributed by atoms with E-state index in [4.69, 9.17) is 0 Å². The molecule has 0 fully saturated rings. The first-order chi connectivity index (χ1) is 13.8. The number of carbonyl (C=O) groups is 1. The molecular weight excluding hydrogens is 464 g/mol. The third-order valence-corrected chi connectivity index (χ3v) is 6.42. The van der Waals surface area contributed by atoms with Gasteiger partial charge in [-0.25, -0.2) is 0 Å². The van der Waals surface area contributed by atoms with Crippen LogP contribution in [0.5, 0.6) is 0 Å². The molecule has 0 spiro atoms. The maximum Gasteiger partial charge on any atom is 0.308 e. The predicted molar refractivity (Wildman–Crippen MR) is 116 cm³/mol. The summed E-state index contributed by atoms with van der Waals surface area (Å²) in [6.07, 6.45) is 3.70. The molecule has 0 saturated carbocycles. The summed E-state index contributed by atoms with van der Waals surface area (Å²) in [4.78, 5) is 12.5. The molecule has 0 aliphatic heterocycles. The van der Waals surface area contributed by atoms with Crippen LogP contribution in [0.3, 0.4) is 0 Å². The molecule has 6 heteroatoms. The number of pyridine rings is 1. The Kier molecular flexibility index (Phi) is 9.72. The summed E-state index contributed by atoms with van der Waals surface area (Å²) < 4.78 is 2.64. The van der Waals surface area contributed by atoms with Crippen molar-refractivity contribution in [2.45, 2.75) is 5.75 Å². The van der Waals surface area contributed by atoms with Crippen LogP contribution in [0.25, 0.3) is 5.70 Å². The van der Waals surface area contributed by atoms with Gasteiger partial charge in [0.15, 0.2) is 24.2 Å². The van der Waals surface area contributed by atoms with Crippen molar-refractivity contribution in [2.75, 3.05) is 5.75 Å². The Balaban J connectivity index is 0.00000300. The average Bonchev–Trinajstić information content (AvgIpc) is 2.77. The molecule has 0 amide bonds. The molecule has 0 unspecified atom stereocenters. The Morgan fingerprint density at radius 1 is 0.862 bits per heavy atom. The summed E-state index contributed by atoms with van der Waals surface area (Å²) >= 11 is 3.01. The Hall–Kier alpha value is -2.33. The van der Waals surface area contributed by atoms with E-state index in [1.165, 1.54) is 17.3 Å². The van der Waals surface area contributed by atoms with Crippen molar-refractivity contribution >= 4 is 35.0 Å². The number of ketones is 1. The van der Waals surface area contributed by atoms with Gasteiger partial charge in [0, 0.05) is 23.4 Å². The van der Waals surface area contributed by atoms with Crippen LogP contribution in [-0.2, 0) is 5.75 Å². The van der Waals surface area contributed by atoms with Gasteiger partial charge in [0.25, 0.3) is 0 Å². The summed E-state index contributed by atoms with van der Waals surface area (Å²) in [5, 5.41) is 9.79. The van der Waals surface area contributed by atoms with Crippen molar-refractivity contribution < 1.29 is 26.3 Å². The van der Waals surface area contributed by atoms with Gasteiger partial charge in [0.05, 0.1) is 5.75 Å². The monoisotopic (exact) mass is 482 g/mol. The van der Waals surface area contributed by atoms with E-state index in [1.807, 2.05) is 79.1 Å². The van der Waals surface area contributed by atoms with Crippen LogP contribution < -0.4 is 21.5 Å². The maximum atomic E-state index is 12.5. The first-order valence-electron chi connectivity index (χ1n) is 8.77. The highest BCUT2D eigenvalue weighted by molar-refractivity contribution is 8.22. The molecule has 29 heavy (non-hydrogen) atoms. The van der Waals surface area contributed by atoms with E-state index in [9.17, 15) is 10.1 Å². The topological polar surface area (TPSA) is 44.7 Å². The predicted octanol–water partition coefficient (Wildman–Crippen LogP) is 2.18. The van der Waals surface area contributed by atoms with Crippen LogP contribution >= 0.6 is 23.5 Å². The molecule has 0 aliphatic rings. The van der Waals surface area contributed by atoms with Crippen LogP contribution in [0.4, 0.5) is 0 Å². The van der Waals surface area contributed by atoms with E-state index in [2.05, 4.69) is 18.2 Å². The fourth-order valence-electron chi connectivity index (χ4n) is 2.50. The largest absolute Gasteiger partial charge is 1.00 e. The third-order valence-electron chi connectivity index (χ3n) is 3.92. The number of nitrogens with zero attached hydrogens (tertiary/aromatic N) is 2. The Morgan fingerprint density at radius 3 is 2.07 bits per heavy atom. The van der Waals surface area contributed by atoms with Crippen LogP contribution in [0.2, 0.25) is 0 Å². The molecule has 1 aromatic heterocycles. The number of rotatable bonds is 8. The van der Waals surface area contributed by atoms with E-state index in [0.717, 1.165) is 9.99 Å². The Morgan fingerprint density at radius 2 is 1.45 bits per heavy atom. The second kappa shape index (κ2) is 12.3. The van der Waals surface area contributed by atoms with Crippen molar-refractivity contribution in [2.24, 2.45) is 0 Å². The van der Waals surface area contributed by atoms with E-state index in [-0.39, 0.29) is 22.8 Å². The fraction of sp³-hybridized carbons (Fsp3) is 0.0870. The number of nitriles is 1. The molecule has 2 aromatic carbocycles. The lowest BCUT2D eigenvalue weighted by atomic mass is 10.2. The first-order valence-corrected chi connectivity index (χ1v) is 10.7. The van der Waals surface area contributed by atoms with Crippen molar-refractivity contribution in [1.29, 1.82) is 5.26 Å². The summed E-state index contributed by atoms with van der Waals surface area (Å²) in [5.74, 6) is 1.08. The second-order valence-electron chi connectivity index (χ2n) is 5.88. The molecule has 0 saturated heterocycles. The van der Waals surface area contributed by atoms with Gasteiger partial charge in [0.1, 0.15) is 4.24 Å². The summed E-state index contributed by atoms with van der Waals surface area (Å²) in [6.45, 7) is 0. The lowest BCUT2D eigenvalue weighted by Gasteiger charge is -2.07. The van der Waals surface area contributed by atoms with E-state index in [1.54, 1.807) is 16.3 Å². The Bertz CT molecular complexity index is 988. The molecule has 0 bridgehead atoms. The van der Waals surface area contributed by atoms with Crippen LogP contribution in [0.15, 0.2) is 95.5 Å². The van der Waals surface area contributed by atoms with Gasteiger partial charge in [-0.1, -0.05) is 66.7 Å². The molecule has 3 rings (SSSR count). The van der Waals surface area contributed by atoms with Gasteiger partial charge in [-0.15, -0.1) is 23.5 Å². The van der Waals surface area contributed by atoms with Gasteiger partial charge in [-0.2, -0.15) is 9.83 Å². The number of thioether (sulfide) groups is 2. The molecule has 0 radical (unpaired) electrons. The number of hydrogen-bond donors (Lipinski definition) is 0. The molecular formula is C23H19BrN2OS2. The average molecular weight is 483 g/mol. The fourth-order valence-corrected chi connectivity index (χ4v) is 4.68. The van der Waals surface area contributed by atoms with Crippen molar-refractivity contribution in [1.82, 2.24) is 0 Å². The highest BCUT2D eigenvalue weighted by Gasteiger charge is 2.19. The van der Waals surface area contributed by atoms with Crippen molar-refractivity contribution in [3.63, 3.8) is 0 Å². The number of Topliss-reactive ketones (excluding diaryl/α,β-unsaturated/α-hetero) is 1. The van der Waals surface area contributed by atoms with Gasteiger partial charge >= 0.3 is 5.70 Å². The minimum Gasteiger partial charge on any atom is -1.00 e. The minimum absolute atomic E-state index is 0. The van der Waals surface area contributed by atoms with Crippen molar-refractivity contribution in [3.8, 4) is 6.07 Å². The van der Waals surface area contributed by atoms with E-state index in [0.29, 0.717) is 17.0 Å². The molecule has 146 valence electrons. The standard InChI is InChI=1S/C23H19N2OS2.BrH/c24-16-21(25-14-8-3-9-15-25)23(27-17-19-10-4-1-5-11-19)28-18-22(26)20-12-6-2-7-13-20;/h1-15H,17-18H2;1H/q+1;/p-1/b23-21-;. The number of benzene rings is 2. The molecule has 1 heterocycles. The van der Waals surface area contributed by atoms with E-state index >= 15 is 0 Å². The van der Waals surface area contributed by atoms with Crippen LogP contribution in [0.1, 0.15) is 15.9 Å².